The van der Waals surface area contributed by atoms with Gasteiger partial charge in [0.1, 0.15) is 6.54 Å². The summed E-state index contributed by atoms with van der Waals surface area (Å²) in [5.41, 5.74) is 0. The zero-order chi connectivity index (χ0) is 10.4. The highest BCUT2D eigenvalue weighted by Crippen LogP contribution is 2.16. The van der Waals surface area contributed by atoms with E-state index in [1.807, 2.05) is 18.2 Å². The predicted molar refractivity (Wildman–Crippen MR) is 53.3 cm³/mol. The van der Waals surface area contributed by atoms with Crippen LogP contribution >= 0.6 is 11.8 Å². The molecule has 1 aromatic rings. The van der Waals surface area contributed by atoms with Crippen molar-refractivity contribution in [1.82, 2.24) is 5.32 Å². The highest BCUT2D eigenvalue weighted by molar-refractivity contribution is 8.13. The Morgan fingerprint density at radius 2 is 1.93 bits per heavy atom. The van der Waals surface area contributed by atoms with Gasteiger partial charge in [-0.25, -0.2) is 0 Å². The van der Waals surface area contributed by atoms with Crippen molar-refractivity contribution in [1.29, 1.82) is 0 Å². The lowest BCUT2D eigenvalue weighted by Gasteiger charge is -2.00. The number of carboxylic acids is 1. The molecule has 1 rings (SSSR count). The molecule has 0 fully saturated rings. The Morgan fingerprint density at radius 1 is 1.29 bits per heavy atom. The van der Waals surface area contributed by atoms with Gasteiger partial charge in [-0.05, 0) is 23.9 Å². The van der Waals surface area contributed by atoms with Crippen molar-refractivity contribution >= 4 is 23.0 Å². The van der Waals surface area contributed by atoms with E-state index in [0.717, 1.165) is 16.7 Å². The Hall–Kier alpha value is -1.49. The third kappa shape index (κ3) is 3.95. The highest BCUT2D eigenvalue weighted by Gasteiger charge is 2.04. The van der Waals surface area contributed by atoms with Gasteiger partial charge < -0.3 is 10.4 Å². The largest absolute Gasteiger partial charge is 0.480 e. The molecule has 0 bridgehead atoms. The Labute approximate surface area is 85.3 Å². The summed E-state index contributed by atoms with van der Waals surface area (Å²) in [6, 6.07) is 9.04. The number of nitrogens with one attached hydrogen (secondary N) is 1. The zero-order valence-electron chi connectivity index (χ0n) is 7.27. The molecule has 1 amide bonds. The molecule has 0 aliphatic heterocycles. The van der Waals surface area contributed by atoms with Crippen LogP contribution in [-0.2, 0) is 4.79 Å². The number of aliphatic carboxylic acids is 1. The smallest absolute Gasteiger partial charge is 0.323 e. The first-order valence-corrected chi connectivity index (χ1v) is 4.72. The number of carbonyl (C=O) groups is 2. The molecular weight excluding hydrogens is 202 g/mol. The van der Waals surface area contributed by atoms with Crippen molar-refractivity contribution in [3.05, 3.63) is 30.3 Å². The summed E-state index contributed by atoms with van der Waals surface area (Å²) in [4.78, 5) is 22.0. The molecule has 0 unspecified atom stereocenters. The number of carbonyl (C=O) groups excluding carboxylic acids is 1. The van der Waals surface area contributed by atoms with Gasteiger partial charge in [-0.3, -0.25) is 9.59 Å². The number of amides is 1. The maximum Gasteiger partial charge on any atom is 0.323 e. The minimum absolute atomic E-state index is 0.349. The maximum absolute atomic E-state index is 11.1. The summed E-state index contributed by atoms with van der Waals surface area (Å²) in [6.45, 7) is -0.349. The molecule has 0 aromatic heterocycles. The number of carboxylic acid groups (broad SMARTS) is 1. The van der Waals surface area contributed by atoms with Crippen LogP contribution in [0, 0.1) is 0 Å². The van der Waals surface area contributed by atoms with Crippen LogP contribution in [0.15, 0.2) is 35.2 Å². The first kappa shape index (κ1) is 10.6. The Morgan fingerprint density at radius 3 is 2.50 bits per heavy atom. The van der Waals surface area contributed by atoms with E-state index < -0.39 is 5.97 Å². The summed E-state index contributed by atoms with van der Waals surface area (Å²) >= 11 is 0.972. The van der Waals surface area contributed by atoms with Gasteiger partial charge in [0.15, 0.2) is 0 Å². The maximum atomic E-state index is 11.1. The van der Waals surface area contributed by atoms with Gasteiger partial charge in [0, 0.05) is 4.90 Å². The van der Waals surface area contributed by atoms with Crippen molar-refractivity contribution in [3.8, 4) is 0 Å². The SMILES string of the molecule is O=C(O)CNC(=O)Sc1ccccc1. The molecule has 0 spiro atoms. The second-order valence-corrected chi connectivity index (χ2v) is 3.50. The molecule has 2 N–H and O–H groups in total. The topological polar surface area (TPSA) is 66.4 Å². The monoisotopic (exact) mass is 211 g/mol. The van der Waals surface area contributed by atoms with Crippen LogP contribution in [0.3, 0.4) is 0 Å². The van der Waals surface area contributed by atoms with Gasteiger partial charge >= 0.3 is 5.97 Å². The minimum atomic E-state index is -1.05. The zero-order valence-corrected chi connectivity index (χ0v) is 8.08. The van der Waals surface area contributed by atoms with Crippen molar-refractivity contribution in [2.75, 3.05) is 6.54 Å². The lowest BCUT2D eigenvalue weighted by atomic mass is 10.4. The molecule has 0 saturated heterocycles. The van der Waals surface area contributed by atoms with E-state index >= 15 is 0 Å². The Bertz CT molecular complexity index is 326. The molecule has 1 aromatic carbocycles. The van der Waals surface area contributed by atoms with Gasteiger partial charge in [-0.15, -0.1) is 0 Å². The molecular formula is C9H9NO3S. The number of thioether (sulfide) groups is 1. The molecule has 0 saturated carbocycles. The summed E-state index contributed by atoms with van der Waals surface area (Å²) in [6.07, 6.45) is 0. The third-order valence-electron chi connectivity index (χ3n) is 1.34. The summed E-state index contributed by atoms with van der Waals surface area (Å²) in [5.74, 6) is -1.05. The Balaban J connectivity index is 2.38. The Kier molecular flexibility index (Phi) is 4.00. The van der Waals surface area contributed by atoms with Gasteiger partial charge in [0.25, 0.3) is 5.24 Å². The van der Waals surface area contributed by atoms with E-state index in [-0.39, 0.29) is 11.8 Å². The molecule has 4 nitrogen and oxygen atoms in total. The van der Waals surface area contributed by atoms with Crippen molar-refractivity contribution in [2.45, 2.75) is 4.90 Å². The average Bonchev–Trinajstić information content (AvgIpc) is 2.16. The van der Waals surface area contributed by atoms with Crippen LogP contribution in [0.25, 0.3) is 0 Å². The average molecular weight is 211 g/mol. The third-order valence-corrected chi connectivity index (χ3v) is 2.18. The standard InChI is InChI=1S/C9H9NO3S/c11-8(12)6-10-9(13)14-7-4-2-1-3-5-7/h1-5H,6H2,(H,10,13)(H,11,12). The van der Waals surface area contributed by atoms with Gasteiger partial charge in [-0.2, -0.15) is 0 Å². The van der Waals surface area contributed by atoms with Crippen LogP contribution in [0.1, 0.15) is 0 Å². The van der Waals surface area contributed by atoms with Crippen molar-refractivity contribution in [3.63, 3.8) is 0 Å². The fraction of sp³-hybridized carbons (Fsp3) is 0.111. The van der Waals surface area contributed by atoms with Crippen molar-refractivity contribution < 1.29 is 14.7 Å². The lowest BCUT2D eigenvalue weighted by molar-refractivity contribution is -0.135. The van der Waals surface area contributed by atoms with Crippen LogP contribution in [0.4, 0.5) is 4.79 Å². The quantitative estimate of drug-likeness (QED) is 0.745. The molecule has 0 radical (unpaired) electrons. The van der Waals surface area contributed by atoms with Crippen LogP contribution in [0.2, 0.25) is 0 Å². The van der Waals surface area contributed by atoms with E-state index in [0.29, 0.717) is 0 Å². The molecule has 0 atom stereocenters. The molecule has 0 aliphatic carbocycles. The van der Waals surface area contributed by atoms with E-state index in [9.17, 15) is 9.59 Å². The summed E-state index contributed by atoms with van der Waals surface area (Å²) < 4.78 is 0. The predicted octanol–water partition coefficient (Wildman–Crippen LogP) is 1.57. The fourth-order valence-electron chi connectivity index (χ4n) is 0.779. The van der Waals surface area contributed by atoms with Crippen LogP contribution in [-0.4, -0.2) is 22.9 Å². The van der Waals surface area contributed by atoms with E-state index in [2.05, 4.69) is 5.32 Å². The summed E-state index contributed by atoms with van der Waals surface area (Å²) in [5, 5.41) is 10.2. The molecule has 0 aliphatic rings. The van der Waals surface area contributed by atoms with Crippen molar-refractivity contribution in [2.24, 2.45) is 0 Å². The number of hydrogen-bond acceptors (Lipinski definition) is 3. The first-order valence-electron chi connectivity index (χ1n) is 3.91. The van der Waals surface area contributed by atoms with Crippen LogP contribution < -0.4 is 5.32 Å². The molecule has 14 heavy (non-hydrogen) atoms. The van der Waals surface area contributed by atoms with E-state index in [4.69, 9.17) is 5.11 Å². The second-order valence-electron chi connectivity index (χ2n) is 2.45. The van der Waals surface area contributed by atoms with Gasteiger partial charge in [0.05, 0.1) is 0 Å². The normalized spacial score (nSPS) is 9.43. The number of rotatable bonds is 3. The molecule has 74 valence electrons. The summed E-state index contributed by atoms with van der Waals surface area (Å²) in [7, 11) is 0. The van der Waals surface area contributed by atoms with E-state index in [1.54, 1.807) is 12.1 Å². The minimum Gasteiger partial charge on any atom is -0.480 e. The number of hydrogen-bond donors (Lipinski definition) is 2. The highest BCUT2D eigenvalue weighted by atomic mass is 32.2. The van der Waals surface area contributed by atoms with E-state index in [1.165, 1.54) is 0 Å². The fourth-order valence-corrected chi connectivity index (χ4v) is 1.43. The van der Waals surface area contributed by atoms with Gasteiger partial charge in [-0.1, -0.05) is 18.2 Å². The molecule has 5 heteroatoms. The molecule has 0 heterocycles. The van der Waals surface area contributed by atoms with Gasteiger partial charge in [0.2, 0.25) is 0 Å². The second kappa shape index (κ2) is 5.29. The first-order chi connectivity index (χ1) is 6.68. The lowest BCUT2D eigenvalue weighted by Crippen LogP contribution is -2.25. The number of benzene rings is 1. The van der Waals surface area contributed by atoms with Crippen LogP contribution in [0.5, 0.6) is 0 Å².